The minimum atomic E-state index is -0.357. The standard InChI is InChI=1S/C20H13ClFN3O2S/c21-13-3-7-15(8-4-13)24-17(26)9-25-11-23-19-18(20(25)27)16(10-28-19)12-1-5-14(22)6-2-12/h1-8,10-11H,9H2,(H,24,26). The van der Waals surface area contributed by atoms with Gasteiger partial charge >= 0.3 is 0 Å². The van der Waals surface area contributed by atoms with Crippen LogP contribution in [-0.2, 0) is 11.3 Å². The van der Waals surface area contributed by atoms with E-state index in [4.69, 9.17) is 11.6 Å². The minimum Gasteiger partial charge on any atom is -0.325 e. The maximum atomic E-state index is 13.2. The highest BCUT2D eigenvalue weighted by molar-refractivity contribution is 7.17. The second kappa shape index (κ2) is 7.53. The summed E-state index contributed by atoms with van der Waals surface area (Å²) < 4.78 is 14.5. The highest BCUT2D eigenvalue weighted by atomic mass is 35.5. The molecular weight excluding hydrogens is 401 g/mol. The van der Waals surface area contributed by atoms with Crippen LogP contribution >= 0.6 is 22.9 Å². The second-order valence-electron chi connectivity index (χ2n) is 6.07. The van der Waals surface area contributed by atoms with Crippen LogP contribution in [0.2, 0.25) is 5.02 Å². The zero-order valence-corrected chi connectivity index (χ0v) is 15.9. The first-order chi connectivity index (χ1) is 13.5. The predicted molar refractivity (Wildman–Crippen MR) is 109 cm³/mol. The topological polar surface area (TPSA) is 64.0 Å². The number of anilines is 1. The molecule has 28 heavy (non-hydrogen) atoms. The lowest BCUT2D eigenvalue weighted by Crippen LogP contribution is -2.27. The van der Waals surface area contributed by atoms with Gasteiger partial charge in [-0.1, -0.05) is 23.7 Å². The molecule has 1 N–H and O–H groups in total. The van der Waals surface area contributed by atoms with E-state index in [1.807, 2.05) is 5.38 Å². The molecule has 0 aliphatic rings. The molecule has 8 heteroatoms. The number of nitrogens with one attached hydrogen (secondary N) is 1. The molecule has 0 bridgehead atoms. The van der Waals surface area contributed by atoms with E-state index in [0.29, 0.717) is 26.5 Å². The van der Waals surface area contributed by atoms with E-state index in [1.165, 1.54) is 34.4 Å². The van der Waals surface area contributed by atoms with Crippen molar-refractivity contribution in [1.29, 1.82) is 0 Å². The lowest BCUT2D eigenvalue weighted by atomic mass is 10.1. The largest absolute Gasteiger partial charge is 0.325 e. The number of carbonyl (C=O) groups excluding carboxylic acids is 1. The van der Waals surface area contributed by atoms with Crippen LogP contribution in [0.25, 0.3) is 21.3 Å². The fourth-order valence-corrected chi connectivity index (χ4v) is 3.84. The van der Waals surface area contributed by atoms with Gasteiger partial charge in [0.05, 0.1) is 11.7 Å². The third-order valence-electron chi connectivity index (χ3n) is 4.16. The third-order valence-corrected chi connectivity index (χ3v) is 5.30. The van der Waals surface area contributed by atoms with Crippen molar-refractivity contribution in [3.63, 3.8) is 0 Å². The van der Waals surface area contributed by atoms with E-state index >= 15 is 0 Å². The van der Waals surface area contributed by atoms with Gasteiger partial charge in [-0.3, -0.25) is 14.2 Å². The molecule has 4 rings (SSSR count). The fourth-order valence-electron chi connectivity index (χ4n) is 2.81. The Morgan fingerprint density at radius 2 is 1.86 bits per heavy atom. The highest BCUT2D eigenvalue weighted by Crippen LogP contribution is 2.30. The first-order valence-electron chi connectivity index (χ1n) is 8.29. The molecule has 4 aromatic rings. The quantitative estimate of drug-likeness (QED) is 0.533. The molecule has 0 saturated carbocycles. The smallest absolute Gasteiger partial charge is 0.263 e. The van der Waals surface area contributed by atoms with Gasteiger partial charge in [0.1, 0.15) is 17.2 Å². The Morgan fingerprint density at radius 3 is 2.57 bits per heavy atom. The van der Waals surface area contributed by atoms with Crippen molar-refractivity contribution in [2.75, 3.05) is 5.32 Å². The van der Waals surface area contributed by atoms with Gasteiger partial charge in [0, 0.05) is 21.7 Å². The average Bonchev–Trinajstić information content (AvgIpc) is 3.11. The first-order valence-corrected chi connectivity index (χ1v) is 9.55. The van der Waals surface area contributed by atoms with Crippen LogP contribution in [0.3, 0.4) is 0 Å². The van der Waals surface area contributed by atoms with E-state index in [0.717, 1.165) is 5.56 Å². The number of hydrogen-bond acceptors (Lipinski definition) is 4. The molecule has 0 unspecified atom stereocenters. The number of halogens is 2. The van der Waals surface area contributed by atoms with E-state index in [2.05, 4.69) is 10.3 Å². The molecule has 0 fully saturated rings. The highest BCUT2D eigenvalue weighted by Gasteiger charge is 2.15. The van der Waals surface area contributed by atoms with Crippen molar-refractivity contribution in [2.24, 2.45) is 0 Å². The lowest BCUT2D eigenvalue weighted by Gasteiger charge is -2.08. The van der Waals surface area contributed by atoms with Crippen LogP contribution in [0.4, 0.5) is 10.1 Å². The molecule has 5 nitrogen and oxygen atoms in total. The van der Waals surface area contributed by atoms with Crippen molar-refractivity contribution in [3.05, 3.63) is 81.4 Å². The normalized spacial score (nSPS) is 10.9. The molecule has 0 saturated heterocycles. The number of rotatable bonds is 4. The summed E-state index contributed by atoms with van der Waals surface area (Å²) in [6.07, 6.45) is 1.36. The molecule has 0 atom stereocenters. The number of hydrogen-bond donors (Lipinski definition) is 1. The monoisotopic (exact) mass is 413 g/mol. The van der Waals surface area contributed by atoms with Crippen molar-refractivity contribution >= 4 is 44.7 Å². The number of nitrogens with zero attached hydrogens (tertiary/aromatic N) is 2. The van der Waals surface area contributed by atoms with Gasteiger partial charge in [-0.2, -0.15) is 0 Å². The van der Waals surface area contributed by atoms with E-state index < -0.39 is 0 Å². The zero-order valence-electron chi connectivity index (χ0n) is 14.4. The van der Waals surface area contributed by atoms with Crippen molar-refractivity contribution in [1.82, 2.24) is 9.55 Å². The first kappa shape index (κ1) is 18.3. The zero-order chi connectivity index (χ0) is 19.7. The van der Waals surface area contributed by atoms with Gasteiger partial charge < -0.3 is 5.32 Å². The SMILES string of the molecule is O=C(Cn1cnc2scc(-c3ccc(F)cc3)c2c1=O)Nc1ccc(Cl)cc1. The average molecular weight is 414 g/mol. The third kappa shape index (κ3) is 3.67. The van der Waals surface area contributed by atoms with Crippen molar-refractivity contribution in [2.45, 2.75) is 6.54 Å². The summed E-state index contributed by atoms with van der Waals surface area (Å²) in [6, 6.07) is 12.6. The Bertz CT molecular complexity index is 1220. The van der Waals surface area contributed by atoms with Crippen molar-refractivity contribution in [3.8, 4) is 11.1 Å². The Labute approximate surface area is 168 Å². The maximum Gasteiger partial charge on any atom is 0.263 e. The second-order valence-corrected chi connectivity index (χ2v) is 7.36. The Balaban J connectivity index is 1.64. The number of fused-ring (bicyclic) bond motifs is 1. The van der Waals surface area contributed by atoms with E-state index in [9.17, 15) is 14.0 Å². The molecule has 2 heterocycles. The molecule has 2 aromatic heterocycles. The van der Waals surface area contributed by atoms with Gasteiger partial charge in [0.2, 0.25) is 5.91 Å². The molecule has 0 spiro atoms. The molecule has 1 amide bonds. The molecule has 0 aliphatic carbocycles. The van der Waals surface area contributed by atoms with Crippen LogP contribution in [0.15, 0.2) is 65.0 Å². The van der Waals surface area contributed by atoms with Crippen LogP contribution in [-0.4, -0.2) is 15.5 Å². The van der Waals surface area contributed by atoms with Crippen LogP contribution in [0, 0.1) is 5.82 Å². The fraction of sp³-hybridized carbons (Fsp3) is 0.0500. The van der Waals surface area contributed by atoms with Gasteiger partial charge in [-0.15, -0.1) is 11.3 Å². The lowest BCUT2D eigenvalue weighted by molar-refractivity contribution is -0.116. The molecule has 0 radical (unpaired) electrons. The van der Waals surface area contributed by atoms with E-state index in [-0.39, 0.29) is 23.8 Å². The number of aromatic nitrogens is 2. The summed E-state index contributed by atoms with van der Waals surface area (Å²) in [7, 11) is 0. The summed E-state index contributed by atoms with van der Waals surface area (Å²) in [5.41, 5.74) is 1.65. The number of amides is 1. The van der Waals surface area contributed by atoms with E-state index in [1.54, 1.807) is 36.4 Å². The Morgan fingerprint density at radius 1 is 1.14 bits per heavy atom. The molecule has 2 aromatic carbocycles. The van der Waals surface area contributed by atoms with Crippen LogP contribution < -0.4 is 10.9 Å². The van der Waals surface area contributed by atoms with Gasteiger partial charge in [-0.25, -0.2) is 9.37 Å². The van der Waals surface area contributed by atoms with Gasteiger partial charge in [0.15, 0.2) is 0 Å². The molecule has 0 aliphatic heterocycles. The summed E-state index contributed by atoms with van der Waals surface area (Å²) >= 11 is 7.16. The van der Waals surface area contributed by atoms with Gasteiger partial charge in [-0.05, 0) is 42.0 Å². The number of benzene rings is 2. The molecule has 140 valence electrons. The summed E-state index contributed by atoms with van der Waals surface area (Å²) in [6.45, 7) is -0.177. The maximum absolute atomic E-state index is 13.2. The Hall–Kier alpha value is -3.03. The minimum absolute atomic E-state index is 0.177. The van der Waals surface area contributed by atoms with Crippen molar-refractivity contribution < 1.29 is 9.18 Å². The van der Waals surface area contributed by atoms with Crippen LogP contribution in [0.5, 0.6) is 0 Å². The number of thiophene rings is 1. The summed E-state index contributed by atoms with van der Waals surface area (Å²) in [5, 5.41) is 5.50. The van der Waals surface area contributed by atoms with Gasteiger partial charge in [0.25, 0.3) is 5.56 Å². The number of carbonyl (C=O) groups is 1. The predicted octanol–water partition coefficient (Wildman–Crippen LogP) is 4.56. The summed E-state index contributed by atoms with van der Waals surface area (Å²) in [5.74, 6) is -0.707. The molecular formula is C20H13ClFN3O2S. The van der Waals surface area contributed by atoms with Crippen LogP contribution in [0.1, 0.15) is 0 Å². The Kier molecular flexibility index (Phi) is 4.93. The summed E-state index contributed by atoms with van der Waals surface area (Å²) in [4.78, 5) is 30.1.